The lowest BCUT2D eigenvalue weighted by Crippen LogP contribution is -2.28. The molecule has 4 aromatic carbocycles. The number of thiol groups is 1. The number of rotatable bonds is 2. The van der Waals surface area contributed by atoms with E-state index in [9.17, 15) is 0 Å². The fraction of sp³-hybridized carbons (Fsp3) is 0.0400. The molecule has 26 heavy (non-hydrogen) atoms. The highest BCUT2D eigenvalue weighted by molar-refractivity contribution is 7.80. The molecule has 1 heteroatoms. The SMILES string of the molecule is Sc1ccc(C2(c3ccccc3)c3ccccc3-c3ccccc32)cc1. The maximum absolute atomic E-state index is 4.50. The highest BCUT2D eigenvalue weighted by Gasteiger charge is 2.45. The molecule has 1 aliphatic rings. The Bertz CT molecular complexity index is 1030. The van der Waals surface area contributed by atoms with Gasteiger partial charge in [0.15, 0.2) is 0 Å². The van der Waals surface area contributed by atoms with Gasteiger partial charge in [0.1, 0.15) is 0 Å². The fourth-order valence-corrected chi connectivity index (χ4v) is 4.57. The fourth-order valence-electron chi connectivity index (χ4n) is 4.42. The minimum Gasteiger partial charge on any atom is -0.143 e. The molecule has 0 saturated carbocycles. The van der Waals surface area contributed by atoms with Crippen LogP contribution in [0.25, 0.3) is 11.1 Å². The number of hydrogen-bond donors (Lipinski definition) is 1. The van der Waals surface area contributed by atoms with Gasteiger partial charge >= 0.3 is 0 Å². The van der Waals surface area contributed by atoms with Gasteiger partial charge in [-0.2, -0.15) is 0 Å². The molecule has 0 heterocycles. The number of hydrogen-bond acceptors (Lipinski definition) is 1. The van der Waals surface area contributed by atoms with Crippen LogP contribution in [0, 0.1) is 0 Å². The van der Waals surface area contributed by atoms with E-state index in [2.05, 4.69) is 116 Å². The highest BCUT2D eigenvalue weighted by atomic mass is 32.1. The Hall–Kier alpha value is -2.77. The van der Waals surface area contributed by atoms with Gasteiger partial charge in [-0.25, -0.2) is 0 Å². The summed E-state index contributed by atoms with van der Waals surface area (Å²) in [6.45, 7) is 0. The number of benzene rings is 4. The zero-order chi connectivity index (χ0) is 17.6. The summed E-state index contributed by atoms with van der Waals surface area (Å²) in [7, 11) is 0. The van der Waals surface area contributed by atoms with Gasteiger partial charge in [0.05, 0.1) is 5.41 Å². The molecular weight excluding hydrogens is 332 g/mol. The van der Waals surface area contributed by atoms with E-state index in [1.165, 1.54) is 33.4 Å². The Balaban J connectivity index is 1.96. The molecule has 0 nitrogen and oxygen atoms in total. The van der Waals surface area contributed by atoms with Crippen molar-refractivity contribution in [2.75, 3.05) is 0 Å². The van der Waals surface area contributed by atoms with Crippen LogP contribution in [0.3, 0.4) is 0 Å². The predicted octanol–water partition coefficient (Wildman–Crippen LogP) is 6.34. The van der Waals surface area contributed by atoms with Crippen LogP contribution in [0.2, 0.25) is 0 Å². The van der Waals surface area contributed by atoms with Crippen molar-refractivity contribution in [1.82, 2.24) is 0 Å². The molecule has 5 rings (SSSR count). The molecule has 0 radical (unpaired) electrons. The summed E-state index contributed by atoms with van der Waals surface area (Å²) in [4.78, 5) is 0.983. The molecule has 0 fully saturated rings. The van der Waals surface area contributed by atoms with Crippen LogP contribution in [0.5, 0.6) is 0 Å². The molecule has 0 aromatic heterocycles. The topological polar surface area (TPSA) is 0 Å². The molecule has 0 bridgehead atoms. The largest absolute Gasteiger partial charge is 0.143 e. The van der Waals surface area contributed by atoms with Crippen molar-refractivity contribution < 1.29 is 0 Å². The smallest absolute Gasteiger partial charge is 0.0713 e. The van der Waals surface area contributed by atoms with E-state index in [0.29, 0.717) is 0 Å². The first-order chi connectivity index (χ1) is 12.8. The van der Waals surface area contributed by atoms with Crippen LogP contribution < -0.4 is 0 Å². The molecule has 0 atom stereocenters. The van der Waals surface area contributed by atoms with Gasteiger partial charge in [-0.15, -0.1) is 12.6 Å². The predicted molar refractivity (Wildman–Crippen MR) is 111 cm³/mol. The molecule has 0 spiro atoms. The third kappa shape index (κ3) is 2.04. The molecule has 4 aromatic rings. The molecule has 0 N–H and O–H groups in total. The maximum Gasteiger partial charge on any atom is 0.0713 e. The average molecular weight is 350 g/mol. The van der Waals surface area contributed by atoms with Gasteiger partial charge in [0, 0.05) is 4.90 Å². The lowest BCUT2D eigenvalue weighted by Gasteiger charge is -2.33. The van der Waals surface area contributed by atoms with E-state index in [-0.39, 0.29) is 5.41 Å². The third-order valence-corrected chi connectivity index (χ3v) is 5.76. The Kier molecular flexibility index (Phi) is 3.51. The van der Waals surface area contributed by atoms with E-state index >= 15 is 0 Å². The van der Waals surface area contributed by atoms with E-state index in [1.54, 1.807) is 0 Å². The Morgan fingerprint density at radius 1 is 0.462 bits per heavy atom. The van der Waals surface area contributed by atoms with Gasteiger partial charge in [0.25, 0.3) is 0 Å². The van der Waals surface area contributed by atoms with Crippen LogP contribution in [-0.4, -0.2) is 0 Å². The lowest BCUT2D eigenvalue weighted by atomic mass is 9.68. The van der Waals surface area contributed by atoms with Crippen LogP contribution in [0.1, 0.15) is 22.3 Å². The Morgan fingerprint density at radius 3 is 1.50 bits per heavy atom. The standard InChI is InChI=1S/C25H18S/c26-20-16-14-19(15-17-20)25(18-8-2-1-3-9-18)23-12-6-4-10-21(23)22-11-5-7-13-24(22)25/h1-17,26H. The molecule has 0 aliphatic heterocycles. The first kappa shape index (κ1) is 15.5. The monoisotopic (exact) mass is 350 g/mol. The van der Waals surface area contributed by atoms with Crippen molar-refractivity contribution in [2.45, 2.75) is 10.3 Å². The normalized spacial score (nSPS) is 13.9. The summed E-state index contributed by atoms with van der Waals surface area (Å²) in [5.41, 5.74) is 7.61. The summed E-state index contributed by atoms with van der Waals surface area (Å²) < 4.78 is 0. The Labute approximate surface area is 159 Å². The number of fused-ring (bicyclic) bond motifs is 3. The molecular formula is C25H18S. The quantitative estimate of drug-likeness (QED) is 0.353. The summed E-state index contributed by atoms with van der Waals surface area (Å²) in [5, 5.41) is 0. The van der Waals surface area contributed by atoms with E-state index in [0.717, 1.165) is 4.90 Å². The summed E-state index contributed by atoms with van der Waals surface area (Å²) in [5.74, 6) is 0. The first-order valence-corrected chi connectivity index (χ1v) is 9.31. The van der Waals surface area contributed by atoms with Crippen LogP contribution >= 0.6 is 12.6 Å². The third-order valence-electron chi connectivity index (χ3n) is 5.46. The average Bonchev–Trinajstić information content (AvgIpc) is 3.01. The second-order valence-corrected chi connectivity index (χ2v) is 7.27. The molecule has 124 valence electrons. The van der Waals surface area contributed by atoms with Crippen LogP contribution in [-0.2, 0) is 5.41 Å². The van der Waals surface area contributed by atoms with Crippen molar-refractivity contribution in [2.24, 2.45) is 0 Å². The molecule has 1 aliphatic carbocycles. The minimum atomic E-state index is -0.296. The Morgan fingerprint density at radius 2 is 0.923 bits per heavy atom. The zero-order valence-corrected chi connectivity index (χ0v) is 15.2. The van der Waals surface area contributed by atoms with Crippen LogP contribution in [0.15, 0.2) is 108 Å². The van der Waals surface area contributed by atoms with Gasteiger partial charge in [-0.1, -0.05) is 91.0 Å². The summed E-state index contributed by atoms with van der Waals surface area (Å²) in [6.07, 6.45) is 0. The van der Waals surface area contributed by atoms with Gasteiger partial charge in [-0.3, -0.25) is 0 Å². The second kappa shape index (κ2) is 5.89. The van der Waals surface area contributed by atoms with Crippen molar-refractivity contribution in [3.05, 3.63) is 125 Å². The second-order valence-electron chi connectivity index (χ2n) is 6.75. The van der Waals surface area contributed by atoms with Gasteiger partial charge in [0.2, 0.25) is 0 Å². The summed E-state index contributed by atoms with van der Waals surface area (Å²) in [6, 6.07) is 37.0. The molecule has 0 unspecified atom stereocenters. The van der Waals surface area contributed by atoms with Gasteiger partial charge in [-0.05, 0) is 45.5 Å². The van der Waals surface area contributed by atoms with Crippen molar-refractivity contribution in [3.63, 3.8) is 0 Å². The first-order valence-electron chi connectivity index (χ1n) is 8.86. The molecule has 0 amide bonds. The van der Waals surface area contributed by atoms with E-state index in [4.69, 9.17) is 0 Å². The molecule has 0 saturated heterocycles. The highest BCUT2D eigenvalue weighted by Crippen LogP contribution is 2.55. The van der Waals surface area contributed by atoms with E-state index in [1.807, 2.05) is 0 Å². The summed E-state index contributed by atoms with van der Waals surface area (Å²) >= 11 is 4.50. The van der Waals surface area contributed by atoms with Crippen molar-refractivity contribution in [1.29, 1.82) is 0 Å². The van der Waals surface area contributed by atoms with Crippen LogP contribution in [0.4, 0.5) is 0 Å². The zero-order valence-electron chi connectivity index (χ0n) is 14.3. The maximum atomic E-state index is 4.50. The van der Waals surface area contributed by atoms with Gasteiger partial charge < -0.3 is 0 Å². The van der Waals surface area contributed by atoms with E-state index < -0.39 is 0 Å². The lowest BCUT2D eigenvalue weighted by molar-refractivity contribution is 0.767. The van der Waals surface area contributed by atoms with Crippen molar-refractivity contribution in [3.8, 4) is 11.1 Å². The minimum absolute atomic E-state index is 0.296. The van der Waals surface area contributed by atoms with Crippen molar-refractivity contribution >= 4 is 12.6 Å².